The molecule has 2 atom stereocenters. The van der Waals surface area contributed by atoms with Crippen LogP contribution in [0.4, 0.5) is 0 Å². The molecule has 0 aliphatic heterocycles. The third-order valence-corrected chi connectivity index (χ3v) is 6.13. The normalized spacial score (nSPS) is 12.5. The molecular formula is C26H50N4O6. The van der Waals surface area contributed by atoms with Crippen LogP contribution in [-0.4, -0.2) is 65.7 Å². The molecule has 0 aromatic rings. The van der Waals surface area contributed by atoms with Crippen LogP contribution in [0.2, 0.25) is 0 Å². The Morgan fingerprint density at radius 3 is 1.47 bits per heavy atom. The van der Waals surface area contributed by atoms with Crippen LogP contribution >= 0.6 is 0 Å². The van der Waals surface area contributed by atoms with Gasteiger partial charge in [0.1, 0.15) is 12.1 Å². The van der Waals surface area contributed by atoms with Gasteiger partial charge in [-0.25, -0.2) is 0 Å². The van der Waals surface area contributed by atoms with Gasteiger partial charge in [-0.3, -0.25) is 19.2 Å². The maximum absolute atomic E-state index is 12.1. The summed E-state index contributed by atoms with van der Waals surface area (Å²) in [6.45, 7) is 0.477. The molecule has 0 saturated carbocycles. The van der Waals surface area contributed by atoms with E-state index in [-0.39, 0.29) is 12.3 Å². The molecule has 0 spiro atoms. The average molecular weight is 515 g/mol. The number of amides is 4. The fourth-order valence-corrected chi connectivity index (χ4v) is 3.86. The van der Waals surface area contributed by atoms with Gasteiger partial charge in [0.15, 0.2) is 0 Å². The van der Waals surface area contributed by atoms with Crippen LogP contribution in [-0.2, 0) is 19.2 Å². The summed E-state index contributed by atoms with van der Waals surface area (Å²) in [5.74, 6) is -2.70. The van der Waals surface area contributed by atoms with Crippen LogP contribution in [0.3, 0.4) is 0 Å². The Labute approximate surface area is 216 Å². The van der Waals surface area contributed by atoms with Crippen molar-refractivity contribution >= 4 is 23.6 Å². The summed E-state index contributed by atoms with van der Waals surface area (Å²) in [5.41, 5.74) is 5.01. The lowest BCUT2D eigenvalue weighted by Crippen LogP contribution is -2.53. The molecular weight excluding hydrogens is 464 g/mol. The molecule has 0 fully saturated rings. The minimum atomic E-state index is -1.25. The maximum atomic E-state index is 12.1. The van der Waals surface area contributed by atoms with Gasteiger partial charge in [-0.2, -0.15) is 0 Å². The third kappa shape index (κ3) is 19.0. The second-order valence-corrected chi connectivity index (χ2v) is 9.43. The molecule has 0 aliphatic rings. The van der Waals surface area contributed by atoms with Crippen LogP contribution in [0.1, 0.15) is 110 Å². The smallest absolute Gasteiger partial charge is 0.245 e. The van der Waals surface area contributed by atoms with Crippen LogP contribution in [0.15, 0.2) is 0 Å². The topological polar surface area (TPSA) is 171 Å². The summed E-state index contributed by atoms with van der Waals surface area (Å²) in [7, 11) is 0. The molecule has 0 aromatic heterocycles. The first-order chi connectivity index (χ1) is 17.3. The Kier molecular flexibility index (Phi) is 21.8. The molecule has 0 bridgehead atoms. The number of nitrogens with one attached hydrogen (secondary N) is 3. The highest BCUT2D eigenvalue weighted by Crippen LogP contribution is 2.13. The molecule has 0 aromatic carbocycles. The van der Waals surface area contributed by atoms with E-state index in [0.717, 1.165) is 19.3 Å². The molecule has 210 valence electrons. The van der Waals surface area contributed by atoms with Crippen LogP contribution < -0.4 is 21.7 Å². The number of nitrogens with two attached hydrogens (primary N) is 1. The highest BCUT2D eigenvalue weighted by molar-refractivity contribution is 5.92. The van der Waals surface area contributed by atoms with Crippen molar-refractivity contribution in [3.05, 3.63) is 0 Å². The molecule has 10 nitrogen and oxygen atoms in total. The predicted octanol–water partition coefficient (Wildman–Crippen LogP) is 1.80. The Morgan fingerprint density at radius 2 is 1.06 bits per heavy atom. The van der Waals surface area contributed by atoms with Gasteiger partial charge in [0.2, 0.25) is 23.6 Å². The van der Waals surface area contributed by atoms with Crippen molar-refractivity contribution in [2.45, 2.75) is 122 Å². The maximum Gasteiger partial charge on any atom is 0.245 e. The zero-order valence-corrected chi connectivity index (χ0v) is 22.2. The number of unbranched alkanes of at least 4 members (excludes halogenated alkanes) is 14. The van der Waals surface area contributed by atoms with Crippen LogP contribution in [0, 0.1) is 0 Å². The van der Waals surface area contributed by atoms with E-state index in [2.05, 4.69) is 22.9 Å². The van der Waals surface area contributed by atoms with Gasteiger partial charge in [-0.05, 0) is 6.42 Å². The Morgan fingerprint density at radius 1 is 0.639 bits per heavy atom. The van der Waals surface area contributed by atoms with E-state index in [0.29, 0.717) is 6.42 Å². The lowest BCUT2D eigenvalue weighted by atomic mass is 10.0. The van der Waals surface area contributed by atoms with Crippen molar-refractivity contribution in [1.82, 2.24) is 16.0 Å². The van der Waals surface area contributed by atoms with Gasteiger partial charge in [0, 0.05) is 6.42 Å². The van der Waals surface area contributed by atoms with E-state index >= 15 is 0 Å². The summed E-state index contributed by atoms with van der Waals surface area (Å²) in [6.07, 6.45) is 18.8. The van der Waals surface area contributed by atoms with Crippen molar-refractivity contribution in [2.24, 2.45) is 5.73 Å². The monoisotopic (exact) mass is 514 g/mol. The van der Waals surface area contributed by atoms with E-state index in [4.69, 9.17) is 10.8 Å². The molecule has 0 aliphatic carbocycles. The second-order valence-electron chi connectivity index (χ2n) is 9.43. The average Bonchev–Trinajstić information content (AvgIpc) is 2.86. The van der Waals surface area contributed by atoms with Gasteiger partial charge in [0.25, 0.3) is 0 Å². The van der Waals surface area contributed by atoms with Crippen LogP contribution in [0.25, 0.3) is 0 Å². The molecule has 4 amide bonds. The predicted molar refractivity (Wildman–Crippen MR) is 140 cm³/mol. The standard InChI is InChI=1S/C26H50N4O6/c1-2-3-4-5-6-7-8-9-10-11-12-13-14-15-16-17-23(33)30-22(20-32)26(36)28-18-24(34)29-21(19-31)25(27)35/h21-22,31-32H,2-20H2,1H3,(H2,27,35)(H,28,36)(H,29,34)(H,30,33)/t21-,22-/m0/s1. The molecule has 7 N–H and O–H groups in total. The van der Waals surface area contributed by atoms with Crippen molar-refractivity contribution in [2.75, 3.05) is 19.8 Å². The quantitative estimate of drug-likeness (QED) is 0.107. The fourth-order valence-electron chi connectivity index (χ4n) is 3.86. The van der Waals surface area contributed by atoms with Crippen molar-refractivity contribution < 1.29 is 29.4 Å². The number of aliphatic hydroxyl groups is 2. The van der Waals surface area contributed by atoms with Gasteiger partial charge in [-0.1, -0.05) is 96.8 Å². The minimum Gasteiger partial charge on any atom is -0.394 e. The third-order valence-electron chi connectivity index (χ3n) is 6.13. The van der Waals surface area contributed by atoms with E-state index in [1.165, 1.54) is 70.6 Å². The van der Waals surface area contributed by atoms with Crippen molar-refractivity contribution in [3.63, 3.8) is 0 Å². The summed E-state index contributed by atoms with van der Waals surface area (Å²) >= 11 is 0. The minimum absolute atomic E-state index is 0.263. The van der Waals surface area contributed by atoms with Gasteiger partial charge in [0.05, 0.1) is 19.8 Å². The van der Waals surface area contributed by atoms with Crippen LogP contribution in [0.5, 0.6) is 0 Å². The van der Waals surface area contributed by atoms with Gasteiger partial charge >= 0.3 is 0 Å². The first-order valence-electron chi connectivity index (χ1n) is 13.7. The zero-order chi connectivity index (χ0) is 27.0. The number of aliphatic hydroxyl groups excluding tert-OH is 2. The summed E-state index contributed by atoms with van der Waals surface area (Å²) in [4.78, 5) is 46.9. The molecule has 0 rings (SSSR count). The van der Waals surface area contributed by atoms with Crippen molar-refractivity contribution in [1.29, 1.82) is 0 Å². The molecule has 0 radical (unpaired) electrons. The van der Waals surface area contributed by atoms with E-state index in [9.17, 15) is 24.3 Å². The Balaban J connectivity index is 3.78. The molecule has 36 heavy (non-hydrogen) atoms. The summed E-state index contributed by atoms with van der Waals surface area (Å²) in [6, 6.07) is -2.43. The van der Waals surface area contributed by atoms with Crippen molar-refractivity contribution in [3.8, 4) is 0 Å². The number of primary amides is 1. The lowest BCUT2D eigenvalue weighted by Gasteiger charge is -2.17. The van der Waals surface area contributed by atoms with Gasteiger partial charge in [-0.15, -0.1) is 0 Å². The number of carbonyl (C=O) groups excluding carboxylic acids is 4. The summed E-state index contributed by atoms with van der Waals surface area (Å²) in [5, 5.41) is 25.3. The molecule has 0 unspecified atom stereocenters. The summed E-state index contributed by atoms with van der Waals surface area (Å²) < 4.78 is 0. The molecule has 0 saturated heterocycles. The highest BCUT2D eigenvalue weighted by atomic mass is 16.3. The first-order valence-corrected chi connectivity index (χ1v) is 13.7. The van der Waals surface area contributed by atoms with E-state index in [1.54, 1.807) is 0 Å². The SMILES string of the molecule is CCCCCCCCCCCCCCCCCC(=O)N[C@@H](CO)C(=O)NCC(=O)N[C@@H](CO)C(N)=O. The number of hydrogen-bond donors (Lipinski definition) is 6. The molecule has 10 heteroatoms. The molecule has 0 heterocycles. The number of hydrogen-bond acceptors (Lipinski definition) is 6. The van der Waals surface area contributed by atoms with E-state index in [1.807, 2.05) is 0 Å². The highest BCUT2D eigenvalue weighted by Gasteiger charge is 2.21. The lowest BCUT2D eigenvalue weighted by molar-refractivity contribution is -0.132. The number of carbonyl (C=O) groups is 4. The van der Waals surface area contributed by atoms with Gasteiger partial charge < -0.3 is 31.9 Å². The Bertz CT molecular complexity index is 617. The first kappa shape index (κ1) is 33.8. The fraction of sp³-hybridized carbons (Fsp3) is 0.846. The number of rotatable bonds is 24. The van der Waals surface area contributed by atoms with E-state index < -0.39 is 49.6 Å². The zero-order valence-electron chi connectivity index (χ0n) is 22.2. The largest absolute Gasteiger partial charge is 0.394 e. The second kappa shape index (κ2) is 23.2. The Hall–Kier alpha value is -2.20.